The van der Waals surface area contributed by atoms with Crippen molar-refractivity contribution in [1.29, 1.82) is 0 Å². The van der Waals surface area contributed by atoms with Crippen molar-refractivity contribution >= 4 is 34.0 Å². The van der Waals surface area contributed by atoms with Crippen LogP contribution in [0.15, 0.2) is 68.8 Å². The van der Waals surface area contributed by atoms with Gasteiger partial charge in [-0.15, -0.1) is 0 Å². The Morgan fingerprint density at radius 1 is 1.13 bits per heavy atom. The van der Waals surface area contributed by atoms with Crippen molar-refractivity contribution in [3.8, 4) is 11.5 Å². The molecular weight excluding hydrogens is 452 g/mol. The van der Waals surface area contributed by atoms with Gasteiger partial charge in [-0.05, 0) is 55.3 Å². The van der Waals surface area contributed by atoms with Gasteiger partial charge in [-0.3, -0.25) is 4.79 Å². The maximum Gasteiger partial charge on any atom is 0.379 e. The molecule has 1 amide bonds. The number of benzene rings is 2. The summed E-state index contributed by atoms with van der Waals surface area (Å²) in [5, 5.41) is 3.93. The van der Waals surface area contributed by atoms with Crippen LogP contribution in [-0.4, -0.2) is 24.7 Å². The highest BCUT2D eigenvalue weighted by Crippen LogP contribution is 2.23. The van der Waals surface area contributed by atoms with Crippen LogP contribution < -0.4 is 14.9 Å². The standard InChI is InChI=1S/C22H19BrN2O5/c1-14-5-3-6-15(2)21(14)29-13-20(26)25-24-12-16-11-17(23)8-9-18(16)30-22(27)19-7-4-10-28-19/h3-12H,13H2,1-2H3,(H,25,26). The Morgan fingerprint density at radius 2 is 1.90 bits per heavy atom. The van der Waals surface area contributed by atoms with Gasteiger partial charge in [0, 0.05) is 10.0 Å². The summed E-state index contributed by atoms with van der Waals surface area (Å²) < 4.78 is 16.7. The van der Waals surface area contributed by atoms with E-state index in [-0.39, 0.29) is 18.1 Å². The molecule has 0 spiro atoms. The first-order valence-electron chi connectivity index (χ1n) is 9.00. The zero-order valence-corrected chi connectivity index (χ0v) is 17.9. The fourth-order valence-electron chi connectivity index (χ4n) is 2.63. The molecule has 0 aliphatic heterocycles. The minimum Gasteiger partial charge on any atom is -0.483 e. The summed E-state index contributed by atoms with van der Waals surface area (Å²) in [6.07, 6.45) is 2.77. The molecule has 8 heteroatoms. The molecule has 0 atom stereocenters. The number of carbonyl (C=O) groups is 2. The maximum absolute atomic E-state index is 12.1. The van der Waals surface area contributed by atoms with Crippen molar-refractivity contribution < 1.29 is 23.5 Å². The lowest BCUT2D eigenvalue weighted by atomic mass is 10.1. The van der Waals surface area contributed by atoms with E-state index in [1.54, 1.807) is 24.3 Å². The second-order valence-corrected chi connectivity index (χ2v) is 7.27. The molecule has 154 valence electrons. The summed E-state index contributed by atoms with van der Waals surface area (Å²) >= 11 is 3.36. The Kier molecular flexibility index (Phi) is 7.03. The number of furan rings is 1. The molecule has 7 nitrogen and oxygen atoms in total. The van der Waals surface area contributed by atoms with Crippen molar-refractivity contribution in [1.82, 2.24) is 5.43 Å². The van der Waals surface area contributed by atoms with Gasteiger partial charge in [-0.2, -0.15) is 5.10 Å². The van der Waals surface area contributed by atoms with E-state index in [1.165, 1.54) is 18.5 Å². The Labute approximate surface area is 181 Å². The molecule has 0 aliphatic rings. The first-order chi connectivity index (χ1) is 14.4. The number of nitrogens with zero attached hydrogens (tertiary/aromatic N) is 1. The second-order valence-electron chi connectivity index (χ2n) is 6.35. The van der Waals surface area contributed by atoms with E-state index in [9.17, 15) is 9.59 Å². The van der Waals surface area contributed by atoms with Gasteiger partial charge in [0.05, 0.1) is 12.5 Å². The Balaban J connectivity index is 1.62. The third-order valence-corrected chi connectivity index (χ3v) is 4.54. The van der Waals surface area contributed by atoms with Gasteiger partial charge in [-0.25, -0.2) is 10.2 Å². The lowest BCUT2D eigenvalue weighted by molar-refractivity contribution is -0.123. The molecule has 0 radical (unpaired) electrons. The van der Waals surface area contributed by atoms with Crippen LogP contribution in [0.1, 0.15) is 27.2 Å². The quantitative estimate of drug-likeness (QED) is 0.239. The van der Waals surface area contributed by atoms with Crippen molar-refractivity contribution in [2.45, 2.75) is 13.8 Å². The van der Waals surface area contributed by atoms with Gasteiger partial charge >= 0.3 is 5.97 Å². The van der Waals surface area contributed by atoms with Crippen LogP contribution in [0.2, 0.25) is 0 Å². The normalized spacial score (nSPS) is 10.8. The highest BCUT2D eigenvalue weighted by Gasteiger charge is 2.14. The van der Waals surface area contributed by atoms with Crippen LogP contribution in [0, 0.1) is 13.8 Å². The van der Waals surface area contributed by atoms with E-state index < -0.39 is 11.9 Å². The number of hydrogen-bond acceptors (Lipinski definition) is 6. The minimum atomic E-state index is -0.636. The fraction of sp³-hybridized carbons (Fsp3) is 0.136. The summed E-state index contributed by atoms with van der Waals surface area (Å²) in [6.45, 7) is 3.65. The average molecular weight is 471 g/mol. The van der Waals surface area contributed by atoms with Crippen molar-refractivity contribution in [2.24, 2.45) is 5.10 Å². The molecule has 2 aromatic carbocycles. The minimum absolute atomic E-state index is 0.0813. The second kappa shape index (κ2) is 9.89. The molecule has 30 heavy (non-hydrogen) atoms. The van der Waals surface area contributed by atoms with Gasteiger partial charge in [0.15, 0.2) is 6.61 Å². The fourth-order valence-corrected chi connectivity index (χ4v) is 3.01. The van der Waals surface area contributed by atoms with E-state index >= 15 is 0 Å². The number of amides is 1. The third kappa shape index (κ3) is 5.57. The number of carbonyl (C=O) groups excluding carboxylic acids is 2. The van der Waals surface area contributed by atoms with Crippen molar-refractivity contribution in [3.63, 3.8) is 0 Å². The molecule has 0 saturated heterocycles. The summed E-state index contributed by atoms with van der Waals surface area (Å²) in [6, 6.07) is 13.9. The van der Waals surface area contributed by atoms with E-state index in [4.69, 9.17) is 13.9 Å². The number of ether oxygens (including phenoxy) is 2. The summed E-state index contributed by atoms with van der Waals surface area (Å²) in [4.78, 5) is 24.2. The number of esters is 1. The Bertz CT molecular complexity index is 1060. The Morgan fingerprint density at radius 3 is 2.60 bits per heavy atom. The highest BCUT2D eigenvalue weighted by atomic mass is 79.9. The predicted octanol–water partition coefficient (Wildman–Crippen LogP) is 4.41. The van der Waals surface area contributed by atoms with E-state index in [0.717, 1.165) is 15.6 Å². The number of rotatable bonds is 7. The molecule has 3 rings (SSSR count). The van der Waals surface area contributed by atoms with Gasteiger partial charge in [0.25, 0.3) is 5.91 Å². The van der Waals surface area contributed by atoms with E-state index in [0.29, 0.717) is 11.3 Å². The molecular formula is C22H19BrN2O5. The molecule has 0 aliphatic carbocycles. The van der Waals surface area contributed by atoms with Crippen molar-refractivity contribution in [3.05, 3.63) is 81.7 Å². The van der Waals surface area contributed by atoms with Crippen LogP contribution in [0.4, 0.5) is 0 Å². The summed E-state index contributed by atoms with van der Waals surface area (Å²) in [5.74, 6) is -0.0288. The van der Waals surface area contributed by atoms with Crippen LogP contribution in [0.5, 0.6) is 11.5 Å². The molecule has 3 aromatic rings. The Hall–Kier alpha value is -3.39. The van der Waals surface area contributed by atoms with Crippen molar-refractivity contribution in [2.75, 3.05) is 6.61 Å². The first kappa shape index (κ1) is 21.3. The number of hydrazone groups is 1. The smallest absolute Gasteiger partial charge is 0.379 e. The average Bonchev–Trinajstić information content (AvgIpc) is 3.24. The molecule has 0 saturated carbocycles. The van der Waals surface area contributed by atoms with Crippen LogP contribution in [-0.2, 0) is 4.79 Å². The summed E-state index contributed by atoms with van der Waals surface area (Å²) in [5.41, 5.74) is 4.78. The highest BCUT2D eigenvalue weighted by molar-refractivity contribution is 9.10. The molecule has 1 aromatic heterocycles. The van der Waals surface area contributed by atoms with E-state index in [2.05, 4.69) is 26.5 Å². The number of para-hydroxylation sites is 1. The predicted molar refractivity (Wildman–Crippen MR) is 115 cm³/mol. The van der Waals surface area contributed by atoms with Gasteiger partial charge in [0.1, 0.15) is 11.5 Å². The monoisotopic (exact) mass is 470 g/mol. The van der Waals surface area contributed by atoms with Crippen LogP contribution in [0.3, 0.4) is 0 Å². The van der Waals surface area contributed by atoms with E-state index in [1.807, 2.05) is 32.0 Å². The number of nitrogens with one attached hydrogen (secondary N) is 1. The lowest BCUT2D eigenvalue weighted by Gasteiger charge is -2.10. The number of halogens is 1. The summed E-state index contributed by atoms with van der Waals surface area (Å²) in [7, 11) is 0. The lowest BCUT2D eigenvalue weighted by Crippen LogP contribution is -2.25. The van der Waals surface area contributed by atoms with Gasteiger partial charge in [-0.1, -0.05) is 34.1 Å². The first-order valence-corrected chi connectivity index (χ1v) is 9.79. The number of aryl methyl sites for hydroxylation is 2. The zero-order valence-electron chi connectivity index (χ0n) is 16.3. The van der Waals surface area contributed by atoms with Gasteiger partial charge < -0.3 is 13.9 Å². The molecule has 1 N–H and O–H groups in total. The van der Waals surface area contributed by atoms with Crippen LogP contribution in [0.25, 0.3) is 0 Å². The third-order valence-electron chi connectivity index (χ3n) is 4.05. The number of hydrogen-bond donors (Lipinski definition) is 1. The van der Waals surface area contributed by atoms with Gasteiger partial charge in [0.2, 0.25) is 5.76 Å². The van der Waals surface area contributed by atoms with Crippen LogP contribution >= 0.6 is 15.9 Å². The largest absolute Gasteiger partial charge is 0.483 e. The molecule has 0 unspecified atom stereocenters. The molecule has 0 bridgehead atoms. The molecule has 0 fully saturated rings. The molecule has 1 heterocycles. The zero-order chi connectivity index (χ0) is 21.5. The topological polar surface area (TPSA) is 90.1 Å². The SMILES string of the molecule is Cc1cccc(C)c1OCC(=O)NN=Cc1cc(Br)ccc1OC(=O)c1ccco1. The maximum atomic E-state index is 12.1.